The Balaban J connectivity index is 2.72. The van der Waals surface area contributed by atoms with Crippen LogP contribution >= 0.6 is 27.5 Å². The highest BCUT2D eigenvalue weighted by atomic mass is 79.9. The lowest BCUT2D eigenvalue weighted by molar-refractivity contribution is 0.313. The Morgan fingerprint density at radius 3 is 3.00 bits per heavy atom. The zero-order chi connectivity index (χ0) is 8.97. The van der Waals surface area contributed by atoms with Crippen molar-refractivity contribution in [1.82, 2.24) is 4.98 Å². The molecule has 12 heavy (non-hydrogen) atoms. The lowest BCUT2D eigenvalue weighted by Gasteiger charge is -2.04. The molecule has 1 rings (SSSR count). The third-order valence-corrected chi connectivity index (χ3v) is 1.91. The Morgan fingerprint density at radius 2 is 2.42 bits per heavy atom. The van der Waals surface area contributed by atoms with Gasteiger partial charge in [0.15, 0.2) is 0 Å². The highest BCUT2D eigenvalue weighted by molar-refractivity contribution is 9.10. The highest BCUT2D eigenvalue weighted by Gasteiger charge is 2.01. The van der Waals surface area contributed by atoms with Gasteiger partial charge >= 0.3 is 0 Å². The number of aromatic nitrogens is 1. The first-order valence-corrected chi connectivity index (χ1v) is 4.55. The minimum atomic E-state index is 0.452. The molecule has 0 spiro atoms. The fourth-order valence-electron chi connectivity index (χ4n) is 0.664. The van der Waals surface area contributed by atoms with Crippen molar-refractivity contribution in [2.45, 2.75) is 0 Å². The number of nitrogens with two attached hydrogens (primary N) is 1. The number of halogens is 2. The first kappa shape index (κ1) is 9.77. The van der Waals surface area contributed by atoms with Crippen LogP contribution in [0.3, 0.4) is 0 Å². The number of hydrogen-bond acceptors (Lipinski definition) is 3. The first-order chi connectivity index (χ1) is 5.74. The van der Waals surface area contributed by atoms with Gasteiger partial charge in [-0.1, -0.05) is 11.6 Å². The van der Waals surface area contributed by atoms with Gasteiger partial charge in [0.05, 0.1) is 9.50 Å². The topological polar surface area (TPSA) is 48.1 Å². The normalized spacial score (nSPS) is 9.92. The summed E-state index contributed by atoms with van der Waals surface area (Å²) in [6.45, 7) is 0.921. The quantitative estimate of drug-likeness (QED) is 0.892. The van der Waals surface area contributed by atoms with Crippen molar-refractivity contribution in [3.63, 3.8) is 0 Å². The van der Waals surface area contributed by atoms with Crippen LogP contribution in [0.5, 0.6) is 5.88 Å². The van der Waals surface area contributed by atoms with Gasteiger partial charge in [0.1, 0.15) is 6.61 Å². The predicted octanol–water partition coefficient (Wildman–Crippen LogP) is 1.83. The molecule has 0 radical (unpaired) electrons. The van der Waals surface area contributed by atoms with Crippen molar-refractivity contribution in [1.29, 1.82) is 0 Å². The zero-order valence-corrected chi connectivity index (χ0v) is 8.60. The van der Waals surface area contributed by atoms with Crippen LogP contribution in [0, 0.1) is 0 Å². The molecule has 0 aliphatic heterocycles. The first-order valence-electron chi connectivity index (χ1n) is 3.38. The monoisotopic (exact) mass is 250 g/mol. The molecule has 0 unspecified atom stereocenters. The molecule has 0 saturated carbocycles. The average molecular weight is 252 g/mol. The molecule has 0 aromatic carbocycles. The molecular formula is C7H8BrClN2O. The molecule has 0 saturated heterocycles. The molecule has 5 heteroatoms. The Labute approximate surface area is 84.0 Å². The Kier molecular flexibility index (Phi) is 3.78. The molecule has 0 aliphatic rings. The summed E-state index contributed by atoms with van der Waals surface area (Å²) in [5, 5.41) is 0.571. The van der Waals surface area contributed by atoms with Gasteiger partial charge in [-0.3, -0.25) is 0 Å². The summed E-state index contributed by atoms with van der Waals surface area (Å²) in [6.07, 6.45) is 1.53. The number of ether oxygens (including phenoxy) is 1. The van der Waals surface area contributed by atoms with Gasteiger partial charge < -0.3 is 10.5 Å². The maximum Gasteiger partial charge on any atom is 0.228 e. The fourth-order valence-corrected chi connectivity index (χ4v) is 1.42. The smallest absolute Gasteiger partial charge is 0.228 e. The molecule has 0 aliphatic carbocycles. The third-order valence-electron chi connectivity index (χ3n) is 1.13. The second-order valence-electron chi connectivity index (χ2n) is 2.08. The summed E-state index contributed by atoms with van der Waals surface area (Å²) < 4.78 is 5.94. The Bertz CT molecular complexity index is 270. The largest absolute Gasteiger partial charge is 0.476 e. The minimum absolute atomic E-state index is 0.452. The van der Waals surface area contributed by atoms with Crippen LogP contribution in [-0.4, -0.2) is 18.1 Å². The zero-order valence-electron chi connectivity index (χ0n) is 6.26. The maximum absolute atomic E-state index is 5.68. The summed E-state index contributed by atoms with van der Waals surface area (Å²) in [5.74, 6) is 0.518. The van der Waals surface area contributed by atoms with Crippen LogP contribution in [-0.2, 0) is 0 Å². The van der Waals surface area contributed by atoms with Crippen LogP contribution in [0.1, 0.15) is 0 Å². The SMILES string of the molecule is NCCOc1ncc(Cl)cc1Br. The van der Waals surface area contributed by atoms with Crippen molar-refractivity contribution in [2.24, 2.45) is 5.73 Å². The van der Waals surface area contributed by atoms with E-state index < -0.39 is 0 Å². The molecular weight excluding hydrogens is 243 g/mol. The predicted molar refractivity (Wildman–Crippen MR) is 51.5 cm³/mol. The second kappa shape index (κ2) is 4.64. The van der Waals surface area contributed by atoms with Gasteiger partial charge in [-0.05, 0) is 22.0 Å². The van der Waals surface area contributed by atoms with E-state index in [9.17, 15) is 0 Å². The molecule has 1 aromatic heterocycles. The summed E-state index contributed by atoms with van der Waals surface area (Å²) >= 11 is 8.94. The number of pyridine rings is 1. The highest BCUT2D eigenvalue weighted by Crippen LogP contribution is 2.24. The van der Waals surface area contributed by atoms with Crippen LogP contribution in [0.15, 0.2) is 16.7 Å². The summed E-state index contributed by atoms with van der Waals surface area (Å²) in [4.78, 5) is 3.96. The average Bonchev–Trinajstić information content (AvgIpc) is 2.03. The van der Waals surface area contributed by atoms with Crippen LogP contribution in [0.4, 0.5) is 0 Å². The van der Waals surface area contributed by atoms with Crippen molar-refractivity contribution in [3.8, 4) is 5.88 Å². The van der Waals surface area contributed by atoms with E-state index in [2.05, 4.69) is 20.9 Å². The third kappa shape index (κ3) is 2.62. The van der Waals surface area contributed by atoms with Gasteiger partial charge in [0, 0.05) is 12.7 Å². The number of hydrogen-bond donors (Lipinski definition) is 1. The van der Waals surface area contributed by atoms with Gasteiger partial charge in [0.2, 0.25) is 5.88 Å². The van der Waals surface area contributed by atoms with E-state index in [1.54, 1.807) is 6.07 Å². The second-order valence-corrected chi connectivity index (χ2v) is 3.37. The van der Waals surface area contributed by atoms with Crippen LogP contribution in [0.2, 0.25) is 5.02 Å². The van der Waals surface area contributed by atoms with E-state index in [1.807, 2.05) is 0 Å². The van der Waals surface area contributed by atoms with E-state index in [0.717, 1.165) is 4.47 Å². The van der Waals surface area contributed by atoms with E-state index in [0.29, 0.717) is 24.1 Å². The van der Waals surface area contributed by atoms with E-state index in [-0.39, 0.29) is 0 Å². The van der Waals surface area contributed by atoms with Gasteiger partial charge in [-0.25, -0.2) is 4.98 Å². The van der Waals surface area contributed by atoms with Gasteiger partial charge in [0.25, 0.3) is 0 Å². The van der Waals surface area contributed by atoms with E-state index in [4.69, 9.17) is 22.1 Å². The van der Waals surface area contributed by atoms with Crippen molar-refractivity contribution < 1.29 is 4.74 Å². The molecule has 0 bridgehead atoms. The van der Waals surface area contributed by atoms with Crippen LogP contribution < -0.4 is 10.5 Å². The molecule has 3 nitrogen and oxygen atoms in total. The van der Waals surface area contributed by atoms with Crippen molar-refractivity contribution >= 4 is 27.5 Å². The fraction of sp³-hybridized carbons (Fsp3) is 0.286. The number of rotatable bonds is 3. The summed E-state index contributed by atoms with van der Waals surface area (Å²) in [6, 6.07) is 1.72. The standard InChI is InChI=1S/C7H8BrClN2O/c8-6-3-5(9)4-11-7(6)12-2-1-10/h3-4H,1-2,10H2. The van der Waals surface area contributed by atoms with Crippen molar-refractivity contribution in [2.75, 3.05) is 13.2 Å². The molecule has 1 aromatic rings. The Morgan fingerprint density at radius 1 is 1.67 bits per heavy atom. The lowest BCUT2D eigenvalue weighted by atomic mass is 10.5. The summed E-state index contributed by atoms with van der Waals surface area (Å²) in [7, 11) is 0. The molecule has 0 fully saturated rings. The minimum Gasteiger partial charge on any atom is -0.476 e. The van der Waals surface area contributed by atoms with Gasteiger partial charge in [-0.15, -0.1) is 0 Å². The van der Waals surface area contributed by atoms with Crippen molar-refractivity contribution in [3.05, 3.63) is 21.8 Å². The van der Waals surface area contributed by atoms with E-state index >= 15 is 0 Å². The molecule has 2 N–H and O–H groups in total. The Hall–Kier alpha value is -0.320. The molecule has 1 heterocycles. The summed E-state index contributed by atoms with van der Waals surface area (Å²) in [5.41, 5.74) is 5.26. The molecule has 0 amide bonds. The van der Waals surface area contributed by atoms with E-state index in [1.165, 1.54) is 6.20 Å². The maximum atomic E-state index is 5.68. The molecule has 66 valence electrons. The number of nitrogens with zero attached hydrogens (tertiary/aromatic N) is 1. The van der Waals surface area contributed by atoms with Crippen LogP contribution in [0.25, 0.3) is 0 Å². The lowest BCUT2D eigenvalue weighted by Crippen LogP contribution is -2.11. The van der Waals surface area contributed by atoms with Gasteiger partial charge in [-0.2, -0.15) is 0 Å². The molecule has 0 atom stereocenters.